The predicted octanol–water partition coefficient (Wildman–Crippen LogP) is 1.88. The molecule has 2 N–H and O–H groups in total. The molecule has 14 heavy (non-hydrogen) atoms. The van der Waals surface area contributed by atoms with Gasteiger partial charge in [0.05, 0.1) is 4.47 Å². The number of hydrogen-bond donors (Lipinski definition) is 2. The van der Waals surface area contributed by atoms with Gasteiger partial charge in [-0.05, 0) is 40.5 Å². The maximum atomic E-state index is 12.8. The third-order valence-electron chi connectivity index (χ3n) is 1.90. The first kappa shape index (κ1) is 11.1. The molecule has 0 fully saturated rings. The minimum absolute atomic E-state index is 0.122. The summed E-state index contributed by atoms with van der Waals surface area (Å²) >= 11 is 2.91. The molecule has 1 aromatic rings. The lowest BCUT2D eigenvalue weighted by molar-refractivity contribution is -0.157. The number of halogens is 2. The van der Waals surface area contributed by atoms with Gasteiger partial charge in [-0.15, -0.1) is 0 Å². The summed E-state index contributed by atoms with van der Waals surface area (Å²) in [6.07, 6.45) is 0. The first-order valence-electron chi connectivity index (χ1n) is 3.77. The third-order valence-corrected chi connectivity index (χ3v) is 2.51. The largest absolute Gasteiger partial charge is 0.479 e. The minimum atomic E-state index is -2.00. The van der Waals surface area contributed by atoms with Crippen molar-refractivity contribution in [1.29, 1.82) is 0 Å². The summed E-state index contributed by atoms with van der Waals surface area (Å²) in [6, 6.07) is 3.56. The van der Waals surface area contributed by atoms with Crippen LogP contribution in [-0.4, -0.2) is 16.2 Å². The molecule has 76 valence electrons. The highest BCUT2D eigenvalue weighted by molar-refractivity contribution is 9.10. The van der Waals surface area contributed by atoms with Crippen molar-refractivity contribution in [3.63, 3.8) is 0 Å². The molecule has 0 aliphatic heterocycles. The van der Waals surface area contributed by atoms with Gasteiger partial charge in [-0.3, -0.25) is 0 Å². The quantitative estimate of drug-likeness (QED) is 0.856. The zero-order valence-electron chi connectivity index (χ0n) is 7.29. The average molecular weight is 263 g/mol. The number of aliphatic carboxylic acids is 1. The van der Waals surface area contributed by atoms with Gasteiger partial charge >= 0.3 is 5.97 Å². The first-order valence-corrected chi connectivity index (χ1v) is 4.56. The third kappa shape index (κ3) is 1.93. The summed E-state index contributed by atoms with van der Waals surface area (Å²) in [7, 11) is 0. The van der Waals surface area contributed by atoms with E-state index < -0.39 is 17.4 Å². The lowest BCUT2D eigenvalue weighted by Crippen LogP contribution is -2.31. The van der Waals surface area contributed by atoms with Crippen LogP contribution >= 0.6 is 15.9 Å². The predicted molar refractivity (Wildman–Crippen MR) is 51.3 cm³/mol. The Hall–Kier alpha value is -0.940. The van der Waals surface area contributed by atoms with Crippen LogP contribution in [0.4, 0.5) is 4.39 Å². The zero-order valence-corrected chi connectivity index (χ0v) is 8.88. The van der Waals surface area contributed by atoms with E-state index in [1.165, 1.54) is 12.1 Å². The Kier molecular flexibility index (Phi) is 2.92. The van der Waals surface area contributed by atoms with Crippen molar-refractivity contribution in [2.24, 2.45) is 0 Å². The van der Waals surface area contributed by atoms with Crippen LogP contribution in [-0.2, 0) is 10.4 Å². The second kappa shape index (κ2) is 3.67. The van der Waals surface area contributed by atoms with E-state index in [2.05, 4.69) is 15.9 Å². The van der Waals surface area contributed by atoms with E-state index in [4.69, 9.17) is 5.11 Å². The number of rotatable bonds is 2. The van der Waals surface area contributed by atoms with E-state index in [9.17, 15) is 14.3 Å². The van der Waals surface area contributed by atoms with Crippen molar-refractivity contribution in [2.45, 2.75) is 12.5 Å². The Morgan fingerprint density at radius 2 is 2.14 bits per heavy atom. The van der Waals surface area contributed by atoms with Crippen molar-refractivity contribution in [3.8, 4) is 0 Å². The van der Waals surface area contributed by atoms with Gasteiger partial charge in [0.15, 0.2) is 5.60 Å². The molecule has 1 rings (SSSR count). The number of carboxylic acid groups (broad SMARTS) is 1. The normalized spacial score (nSPS) is 14.9. The molecule has 0 radical (unpaired) electrons. The maximum Gasteiger partial charge on any atom is 0.340 e. The van der Waals surface area contributed by atoms with E-state index in [1.54, 1.807) is 0 Å². The first-order chi connectivity index (χ1) is 6.35. The number of carboxylic acids is 1. The van der Waals surface area contributed by atoms with Crippen molar-refractivity contribution >= 4 is 21.9 Å². The summed E-state index contributed by atoms with van der Waals surface area (Å²) in [5.74, 6) is -1.88. The Labute approximate surface area is 88.3 Å². The Morgan fingerprint density at radius 3 is 2.57 bits per heavy atom. The van der Waals surface area contributed by atoms with Gasteiger partial charge in [0.25, 0.3) is 0 Å². The van der Waals surface area contributed by atoms with Crippen LogP contribution in [0.3, 0.4) is 0 Å². The van der Waals surface area contributed by atoms with E-state index in [-0.39, 0.29) is 10.0 Å². The van der Waals surface area contributed by atoms with Gasteiger partial charge in [-0.2, -0.15) is 0 Å². The van der Waals surface area contributed by atoms with Gasteiger partial charge < -0.3 is 10.2 Å². The summed E-state index contributed by atoms with van der Waals surface area (Å²) in [6.45, 7) is 1.13. The molecule has 0 aliphatic rings. The van der Waals surface area contributed by atoms with Crippen molar-refractivity contribution in [1.82, 2.24) is 0 Å². The second-order valence-corrected chi connectivity index (χ2v) is 3.86. The number of benzene rings is 1. The lowest BCUT2D eigenvalue weighted by atomic mass is 9.96. The van der Waals surface area contributed by atoms with Gasteiger partial charge in [-0.1, -0.05) is 6.07 Å². The Bertz CT molecular complexity index is 376. The second-order valence-electron chi connectivity index (χ2n) is 3.01. The molecule has 0 saturated heterocycles. The van der Waals surface area contributed by atoms with E-state index in [1.807, 2.05) is 0 Å². The molecule has 0 spiro atoms. The zero-order chi connectivity index (χ0) is 10.9. The molecule has 0 heterocycles. The molecular weight excluding hydrogens is 255 g/mol. The van der Waals surface area contributed by atoms with Crippen molar-refractivity contribution in [2.75, 3.05) is 0 Å². The summed E-state index contributed by atoms with van der Waals surface area (Å²) < 4.78 is 12.9. The summed E-state index contributed by atoms with van der Waals surface area (Å²) in [5, 5.41) is 18.2. The van der Waals surface area contributed by atoms with Crippen LogP contribution in [0.25, 0.3) is 0 Å². The van der Waals surface area contributed by atoms with Crippen LogP contribution in [0.1, 0.15) is 12.5 Å². The highest BCUT2D eigenvalue weighted by Crippen LogP contribution is 2.25. The van der Waals surface area contributed by atoms with Gasteiger partial charge in [0, 0.05) is 0 Å². The van der Waals surface area contributed by atoms with Crippen molar-refractivity contribution in [3.05, 3.63) is 34.1 Å². The Balaban J connectivity index is 3.21. The molecule has 0 bridgehead atoms. The van der Waals surface area contributed by atoms with Crippen LogP contribution in [0, 0.1) is 5.82 Å². The standard InChI is InChI=1S/C9H8BrFO3/c1-9(14,8(12)13)5-2-3-7(11)6(10)4-5/h2-4,14H,1H3,(H,12,13)/t9-/m1/s1. The van der Waals surface area contributed by atoms with Crippen LogP contribution in [0.15, 0.2) is 22.7 Å². The van der Waals surface area contributed by atoms with E-state index >= 15 is 0 Å². The molecule has 0 unspecified atom stereocenters. The van der Waals surface area contributed by atoms with E-state index in [0.717, 1.165) is 13.0 Å². The molecule has 0 amide bonds. The van der Waals surface area contributed by atoms with Gasteiger partial charge in [-0.25, -0.2) is 9.18 Å². The SMILES string of the molecule is C[C@](O)(C(=O)O)c1ccc(F)c(Br)c1. The van der Waals surface area contributed by atoms with Crippen LogP contribution in [0.2, 0.25) is 0 Å². The highest BCUT2D eigenvalue weighted by Gasteiger charge is 2.32. The van der Waals surface area contributed by atoms with Gasteiger partial charge in [0.2, 0.25) is 0 Å². The fraction of sp³-hybridized carbons (Fsp3) is 0.222. The fourth-order valence-electron chi connectivity index (χ4n) is 0.922. The molecule has 1 atom stereocenters. The van der Waals surface area contributed by atoms with Crippen LogP contribution in [0.5, 0.6) is 0 Å². The molecule has 1 aromatic carbocycles. The number of hydrogen-bond acceptors (Lipinski definition) is 2. The van der Waals surface area contributed by atoms with Crippen LogP contribution < -0.4 is 0 Å². The monoisotopic (exact) mass is 262 g/mol. The number of carbonyl (C=O) groups is 1. The fourth-order valence-corrected chi connectivity index (χ4v) is 1.30. The smallest absolute Gasteiger partial charge is 0.340 e. The molecule has 0 saturated carbocycles. The summed E-state index contributed by atoms with van der Waals surface area (Å²) in [4.78, 5) is 10.7. The average Bonchev–Trinajstić information content (AvgIpc) is 2.09. The lowest BCUT2D eigenvalue weighted by Gasteiger charge is -2.18. The molecule has 0 aromatic heterocycles. The minimum Gasteiger partial charge on any atom is -0.479 e. The topological polar surface area (TPSA) is 57.5 Å². The molecule has 5 heteroatoms. The number of aliphatic hydroxyl groups is 1. The summed E-state index contributed by atoms with van der Waals surface area (Å²) in [5.41, 5.74) is -1.88. The molecular formula is C9H8BrFO3. The highest BCUT2D eigenvalue weighted by atomic mass is 79.9. The van der Waals surface area contributed by atoms with Gasteiger partial charge in [0.1, 0.15) is 5.82 Å². The van der Waals surface area contributed by atoms with E-state index in [0.29, 0.717) is 0 Å². The maximum absolute atomic E-state index is 12.8. The van der Waals surface area contributed by atoms with Crippen molar-refractivity contribution < 1.29 is 19.4 Å². The Morgan fingerprint density at radius 1 is 1.57 bits per heavy atom. The molecule has 0 aliphatic carbocycles. The molecule has 3 nitrogen and oxygen atoms in total.